The maximum absolute atomic E-state index is 8.18. The molecule has 0 saturated heterocycles. The van der Waals surface area contributed by atoms with E-state index >= 15 is 0 Å². The molecule has 10 heteroatoms. The molecule has 0 aromatic rings. The number of nitrogens with zero attached hydrogens (tertiary/aromatic N) is 9. The highest BCUT2D eigenvalue weighted by Gasteiger charge is 2.20. The summed E-state index contributed by atoms with van der Waals surface area (Å²) in [5, 5.41) is 8.95. The molecule has 0 saturated carbocycles. The van der Waals surface area contributed by atoms with Gasteiger partial charge >= 0.3 is 0 Å². The van der Waals surface area contributed by atoms with Gasteiger partial charge in [0, 0.05) is 30.4 Å². The molecule has 0 aromatic carbocycles. The van der Waals surface area contributed by atoms with E-state index in [2.05, 4.69) is 30.1 Å². The molecule has 0 N–H and O–H groups in total. The molecule has 0 bridgehead atoms. The molecule has 0 rings (SSSR count). The first kappa shape index (κ1) is 11.1. The quantitative estimate of drug-likeness (QED) is 0.273. The average molecular weight is 197 g/mol. The Bertz CT molecular complexity index is 285. The molecule has 0 spiro atoms. The van der Waals surface area contributed by atoms with Crippen LogP contribution in [0.25, 0.3) is 31.3 Å². The van der Waals surface area contributed by atoms with E-state index in [1.54, 1.807) is 0 Å². The smallest absolute Gasteiger partial charge is 0.0975 e. The molecule has 0 atom stereocenters. The van der Waals surface area contributed by atoms with Gasteiger partial charge in [0.15, 0.2) is 0 Å². The Balaban J connectivity index is 4.49. The van der Waals surface area contributed by atoms with E-state index < -0.39 is 14.8 Å². The molecule has 0 amide bonds. The number of rotatable bonds is 5. The first-order valence-corrected chi connectivity index (χ1v) is 5.02. The van der Waals surface area contributed by atoms with Crippen molar-refractivity contribution in [3.8, 4) is 0 Å². The van der Waals surface area contributed by atoms with Crippen LogP contribution in [0.5, 0.6) is 0 Å². The van der Waals surface area contributed by atoms with Gasteiger partial charge in [-0.15, -0.1) is 0 Å². The Hall–Kier alpha value is -1.85. The second-order valence-electron chi connectivity index (χ2n) is 2.30. The lowest BCUT2D eigenvalue weighted by molar-refractivity contribution is 0.673. The number of hydrogen-bond donors (Lipinski definition) is 0. The zero-order chi connectivity index (χ0) is 10.2. The molecule has 0 aliphatic carbocycles. The second kappa shape index (κ2) is 5.75. The molecule has 13 heavy (non-hydrogen) atoms. The van der Waals surface area contributed by atoms with Crippen molar-refractivity contribution in [2.45, 2.75) is 12.2 Å². The van der Waals surface area contributed by atoms with Crippen molar-refractivity contribution < 1.29 is 0 Å². The predicted octanol–water partition coefficient (Wildman–Crippen LogP) is 1.72. The van der Waals surface area contributed by atoms with Crippen LogP contribution in [-0.4, -0.2) is 21.0 Å². The minimum Gasteiger partial charge on any atom is -0.0975 e. The minimum absolute atomic E-state index is 0.255. The summed E-state index contributed by atoms with van der Waals surface area (Å²) in [5.41, 5.74) is 24.4. The summed E-state index contributed by atoms with van der Waals surface area (Å²) in [6, 6.07) is 0. The Morgan fingerprint density at radius 3 is 2.08 bits per heavy atom. The third-order valence-corrected chi connectivity index (χ3v) is 2.92. The van der Waals surface area contributed by atoms with Gasteiger partial charge in [-0.25, -0.2) is 0 Å². The van der Waals surface area contributed by atoms with Crippen LogP contribution >= 0.6 is 0 Å². The van der Waals surface area contributed by atoms with Crippen molar-refractivity contribution in [3.05, 3.63) is 31.3 Å². The first-order valence-electron chi connectivity index (χ1n) is 3.32. The summed E-state index contributed by atoms with van der Waals surface area (Å²) >= 11 is 0. The summed E-state index contributed by atoms with van der Waals surface area (Å²) in [6.07, 6.45) is 0.255. The Labute approximate surface area is 75.4 Å². The molecule has 68 valence electrons. The van der Waals surface area contributed by atoms with Crippen LogP contribution in [-0.2, 0) is 0 Å². The van der Waals surface area contributed by atoms with Crippen molar-refractivity contribution in [1.29, 1.82) is 0 Å². The van der Waals surface area contributed by atoms with Gasteiger partial charge in [-0.2, -0.15) is 0 Å². The summed E-state index contributed by atoms with van der Waals surface area (Å²) in [5.74, 6) is 0. The highest BCUT2D eigenvalue weighted by atomic mass is 28.2. The predicted molar refractivity (Wildman–Crippen MR) is 49.3 cm³/mol. The number of azide groups is 2. The Morgan fingerprint density at radius 1 is 1.15 bits per heavy atom. The van der Waals surface area contributed by atoms with E-state index in [1.807, 2.05) is 0 Å². The third kappa shape index (κ3) is 4.56. The number of hydrogen-bond acceptors (Lipinski definition) is 3. The van der Waals surface area contributed by atoms with Crippen LogP contribution in [0, 0.1) is 0 Å². The van der Waals surface area contributed by atoms with Crippen LogP contribution in [0.15, 0.2) is 15.3 Å². The summed E-state index contributed by atoms with van der Waals surface area (Å²) in [7, 11) is -1.07. The lowest BCUT2D eigenvalue weighted by Crippen LogP contribution is -2.28. The van der Waals surface area contributed by atoms with E-state index in [9.17, 15) is 0 Å². The lowest BCUT2D eigenvalue weighted by atomic mass is 10.6. The van der Waals surface area contributed by atoms with Crippen LogP contribution < -0.4 is 0 Å². The minimum atomic E-state index is -1.07. The monoisotopic (exact) mass is 197 g/mol. The average Bonchev–Trinajstić information content (AvgIpc) is 2.05. The highest BCUT2D eigenvalue weighted by molar-refractivity contribution is 6.40. The van der Waals surface area contributed by atoms with E-state index in [-0.39, 0.29) is 6.17 Å². The maximum atomic E-state index is 8.18. The molecule has 0 radical (unpaired) electrons. The fourth-order valence-electron chi connectivity index (χ4n) is 0.619. The van der Waals surface area contributed by atoms with Gasteiger partial charge in [0.1, 0.15) is 5.29 Å². The molecule has 0 aliphatic heterocycles. The van der Waals surface area contributed by atoms with E-state index in [1.165, 1.54) is 6.92 Å². The fourth-order valence-corrected chi connectivity index (χ4v) is 1.56. The van der Waals surface area contributed by atoms with Gasteiger partial charge in [-0.05, 0) is 16.6 Å². The first-order chi connectivity index (χ1) is 6.18. The van der Waals surface area contributed by atoms with Crippen LogP contribution in [0.3, 0.4) is 0 Å². The van der Waals surface area contributed by atoms with E-state index in [0.29, 0.717) is 0 Å². The summed E-state index contributed by atoms with van der Waals surface area (Å²) in [6.45, 7) is 1.52. The summed E-state index contributed by atoms with van der Waals surface area (Å²) < 4.78 is 0. The van der Waals surface area contributed by atoms with Crippen molar-refractivity contribution in [2.75, 3.05) is 6.17 Å². The third-order valence-electron chi connectivity index (χ3n) is 1.27. The molecule has 0 unspecified atom stereocenters. The normalized spacial score (nSPS) is 13.6. The van der Waals surface area contributed by atoms with E-state index in [0.717, 1.165) is 0 Å². The molecular formula is C3H7N9Si. The largest absolute Gasteiger partial charge is 0.111 e. The van der Waals surface area contributed by atoms with Gasteiger partial charge in [0.25, 0.3) is 0 Å². The topological polar surface area (TPSA) is 146 Å². The highest BCUT2D eigenvalue weighted by Crippen LogP contribution is 2.10. The van der Waals surface area contributed by atoms with Crippen molar-refractivity contribution in [3.63, 3.8) is 0 Å². The molecule has 9 nitrogen and oxygen atoms in total. The van der Waals surface area contributed by atoms with Gasteiger partial charge in [0.2, 0.25) is 0 Å². The zero-order valence-electron chi connectivity index (χ0n) is 6.94. The summed E-state index contributed by atoms with van der Waals surface area (Å²) in [4.78, 5) is 7.68. The maximum Gasteiger partial charge on any atom is 0.111 e. The zero-order valence-corrected chi connectivity index (χ0v) is 8.35. The standard InChI is InChI=1S/C3H7N9Si/c1-3(8-11-5,9-12-6)13-2-7-10-4/h2,13H2,1H3. The Kier molecular flexibility index (Phi) is 4.93. The van der Waals surface area contributed by atoms with Gasteiger partial charge in [-0.3, -0.25) is 0 Å². The van der Waals surface area contributed by atoms with Gasteiger partial charge in [0.05, 0.1) is 0 Å². The fraction of sp³-hybridized carbons (Fsp3) is 1.00. The Morgan fingerprint density at radius 2 is 1.69 bits per heavy atom. The van der Waals surface area contributed by atoms with Crippen molar-refractivity contribution >= 4 is 9.52 Å². The van der Waals surface area contributed by atoms with E-state index in [4.69, 9.17) is 16.6 Å². The molecule has 0 heterocycles. The second-order valence-corrected chi connectivity index (χ2v) is 4.59. The lowest BCUT2D eigenvalue weighted by Gasteiger charge is -2.13. The van der Waals surface area contributed by atoms with Crippen molar-refractivity contribution in [1.82, 2.24) is 0 Å². The van der Waals surface area contributed by atoms with Gasteiger partial charge < -0.3 is 0 Å². The van der Waals surface area contributed by atoms with Crippen LogP contribution in [0.2, 0.25) is 0 Å². The molecular weight excluding hydrogens is 190 g/mol. The van der Waals surface area contributed by atoms with Crippen molar-refractivity contribution in [2.24, 2.45) is 15.3 Å². The van der Waals surface area contributed by atoms with Gasteiger partial charge in [-0.1, -0.05) is 22.3 Å². The SMILES string of the molecule is CC(N=[N+]=[N-])(N=[N+]=[N-])[SiH2]CN=[N+]=[N-]. The van der Waals surface area contributed by atoms with Crippen LogP contribution in [0.1, 0.15) is 6.92 Å². The van der Waals surface area contributed by atoms with Crippen LogP contribution in [0.4, 0.5) is 0 Å². The molecule has 0 aliphatic rings. The molecule has 0 fully saturated rings. The molecule has 0 aromatic heterocycles.